The van der Waals surface area contributed by atoms with Crippen LogP contribution in [0.2, 0.25) is 0 Å². The second-order valence-corrected chi connectivity index (χ2v) is 2.41. The van der Waals surface area contributed by atoms with Gasteiger partial charge in [-0.05, 0) is 6.07 Å². The number of thiol groups is 1. The van der Waals surface area contributed by atoms with Gasteiger partial charge in [0.2, 0.25) is 0 Å². The van der Waals surface area contributed by atoms with Crippen molar-refractivity contribution in [1.29, 1.82) is 0 Å². The summed E-state index contributed by atoms with van der Waals surface area (Å²) in [5, 5.41) is 0. The van der Waals surface area contributed by atoms with E-state index >= 15 is 0 Å². The molecule has 0 saturated carbocycles. The molecule has 0 aliphatic rings. The van der Waals surface area contributed by atoms with Crippen LogP contribution in [0, 0.1) is 0 Å². The molecule has 4 heteroatoms. The first-order chi connectivity index (χ1) is 4.88. The number of hydrogen-bond donors (Lipinski definition) is 2. The molecule has 2 aromatic rings. The third kappa shape index (κ3) is 0.690. The van der Waals surface area contributed by atoms with Crippen LogP contribution >= 0.6 is 12.6 Å². The van der Waals surface area contributed by atoms with Gasteiger partial charge in [0.1, 0.15) is 0 Å². The quantitative estimate of drug-likeness (QED) is 0.556. The zero-order valence-corrected chi connectivity index (χ0v) is 5.97. The Kier molecular flexibility index (Phi) is 1.14. The van der Waals surface area contributed by atoms with Gasteiger partial charge in [-0.3, -0.25) is 0 Å². The normalized spacial score (nSPS) is 10.5. The molecule has 1 N–H and O–H groups in total. The van der Waals surface area contributed by atoms with Gasteiger partial charge in [0.15, 0.2) is 5.65 Å². The Hall–Kier alpha value is -1.03. The summed E-state index contributed by atoms with van der Waals surface area (Å²) in [7, 11) is 0. The van der Waals surface area contributed by atoms with Crippen molar-refractivity contribution < 1.29 is 0 Å². The highest BCUT2D eigenvalue weighted by Gasteiger charge is 1.97. The summed E-state index contributed by atoms with van der Waals surface area (Å²) in [5.74, 6) is 0. The van der Waals surface area contributed by atoms with Crippen LogP contribution in [-0.4, -0.2) is 15.0 Å². The number of pyridine rings is 1. The minimum Gasteiger partial charge on any atom is -0.342 e. The number of imidazole rings is 1. The summed E-state index contributed by atoms with van der Waals surface area (Å²) in [6.45, 7) is 0. The molecule has 0 aliphatic heterocycles. The number of aromatic nitrogens is 3. The summed E-state index contributed by atoms with van der Waals surface area (Å²) in [5.41, 5.74) is 1.61. The Morgan fingerprint density at radius 2 is 2.30 bits per heavy atom. The van der Waals surface area contributed by atoms with Gasteiger partial charge >= 0.3 is 0 Å². The number of hydrogen-bond acceptors (Lipinski definition) is 3. The van der Waals surface area contributed by atoms with Crippen molar-refractivity contribution >= 4 is 23.8 Å². The van der Waals surface area contributed by atoms with Gasteiger partial charge in [0.05, 0.1) is 11.8 Å². The van der Waals surface area contributed by atoms with E-state index in [4.69, 9.17) is 0 Å². The third-order valence-electron chi connectivity index (χ3n) is 1.30. The van der Waals surface area contributed by atoms with Crippen molar-refractivity contribution in [3.8, 4) is 0 Å². The van der Waals surface area contributed by atoms with Crippen LogP contribution in [0.1, 0.15) is 0 Å². The van der Waals surface area contributed by atoms with E-state index in [9.17, 15) is 0 Å². The molecule has 0 radical (unpaired) electrons. The van der Waals surface area contributed by atoms with Crippen molar-refractivity contribution in [2.75, 3.05) is 0 Å². The van der Waals surface area contributed by atoms with E-state index in [0.717, 1.165) is 10.4 Å². The monoisotopic (exact) mass is 151 g/mol. The van der Waals surface area contributed by atoms with Crippen LogP contribution in [0.5, 0.6) is 0 Å². The standard InChI is InChI=1S/C6H5N3S/c10-4-1-2-7-6-5(4)8-3-9-6/h1-3H,(H2,7,8,9,10). The Morgan fingerprint density at radius 1 is 1.40 bits per heavy atom. The van der Waals surface area contributed by atoms with Crippen LogP contribution in [0.15, 0.2) is 23.5 Å². The molecule has 0 atom stereocenters. The maximum absolute atomic E-state index is 4.21. The molecule has 50 valence electrons. The largest absolute Gasteiger partial charge is 0.342 e. The molecule has 0 amide bonds. The van der Waals surface area contributed by atoms with Gasteiger partial charge in [0.25, 0.3) is 0 Å². The van der Waals surface area contributed by atoms with Gasteiger partial charge in [-0.1, -0.05) is 0 Å². The van der Waals surface area contributed by atoms with Crippen molar-refractivity contribution in [3.63, 3.8) is 0 Å². The predicted molar refractivity (Wildman–Crippen MR) is 41.1 cm³/mol. The van der Waals surface area contributed by atoms with Crippen LogP contribution in [0.4, 0.5) is 0 Å². The summed E-state index contributed by atoms with van der Waals surface area (Å²) >= 11 is 4.21. The zero-order chi connectivity index (χ0) is 6.97. The van der Waals surface area contributed by atoms with Crippen molar-refractivity contribution in [1.82, 2.24) is 15.0 Å². The molecule has 0 aromatic carbocycles. The highest BCUT2D eigenvalue weighted by atomic mass is 32.1. The lowest BCUT2D eigenvalue weighted by atomic mass is 10.4. The van der Waals surface area contributed by atoms with Crippen molar-refractivity contribution in [2.24, 2.45) is 0 Å². The van der Waals surface area contributed by atoms with Gasteiger partial charge in [-0.2, -0.15) is 0 Å². The fraction of sp³-hybridized carbons (Fsp3) is 0. The number of nitrogens with zero attached hydrogens (tertiary/aromatic N) is 2. The van der Waals surface area contributed by atoms with E-state index in [1.807, 2.05) is 6.07 Å². The summed E-state index contributed by atoms with van der Waals surface area (Å²) in [6.07, 6.45) is 3.29. The minimum absolute atomic E-state index is 0.715. The minimum atomic E-state index is 0.715. The molecule has 0 fully saturated rings. The summed E-state index contributed by atoms with van der Waals surface area (Å²) < 4.78 is 0. The fourth-order valence-electron chi connectivity index (χ4n) is 0.835. The van der Waals surface area contributed by atoms with Crippen LogP contribution in [0.25, 0.3) is 11.2 Å². The molecule has 0 spiro atoms. The van der Waals surface area contributed by atoms with Crippen LogP contribution in [0.3, 0.4) is 0 Å². The van der Waals surface area contributed by atoms with Gasteiger partial charge in [-0.15, -0.1) is 12.6 Å². The maximum atomic E-state index is 4.21. The fourth-order valence-corrected chi connectivity index (χ4v) is 1.07. The average molecular weight is 151 g/mol. The Labute approximate surface area is 62.9 Å². The predicted octanol–water partition coefficient (Wildman–Crippen LogP) is 1.25. The van der Waals surface area contributed by atoms with E-state index in [1.54, 1.807) is 12.5 Å². The van der Waals surface area contributed by atoms with E-state index in [1.165, 1.54) is 0 Å². The molecule has 2 heterocycles. The van der Waals surface area contributed by atoms with E-state index in [0.29, 0.717) is 5.65 Å². The molecule has 0 aliphatic carbocycles. The number of nitrogens with one attached hydrogen (secondary N) is 1. The SMILES string of the molecule is Sc1ccnc2nc[nH]c12. The van der Waals surface area contributed by atoms with Gasteiger partial charge < -0.3 is 4.98 Å². The van der Waals surface area contributed by atoms with Gasteiger partial charge in [0, 0.05) is 11.1 Å². The summed E-state index contributed by atoms with van der Waals surface area (Å²) in [4.78, 5) is 11.8. The topological polar surface area (TPSA) is 41.6 Å². The molecule has 3 nitrogen and oxygen atoms in total. The molecule has 0 unspecified atom stereocenters. The number of H-pyrrole nitrogens is 1. The first-order valence-electron chi connectivity index (χ1n) is 2.85. The Morgan fingerprint density at radius 3 is 3.10 bits per heavy atom. The van der Waals surface area contributed by atoms with E-state index in [-0.39, 0.29) is 0 Å². The zero-order valence-electron chi connectivity index (χ0n) is 5.07. The molecular weight excluding hydrogens is 146 g/mol. The molecule has 0 saturated heterocycles. The first kappa shape index (κ1) is 5.73. The Bertz CT molecular complexity index is 355. The first-order valence-corrected chi connectivity index (χ1v) is 3.30. The molecule has 2 rings (SSSR count). The number of aromatic amines is 1. The second-order valence-electron chi connectivity index (χ2n) is 1.93. The van der Waals surface area contributed by atoms with E-state index < -0.39 is 0 Å². The lowest BCUT2D eigenvalue weighted by Crippen LogP contribution is -1.75. The smallest absolute Gasteiger partial charge is 0.178 e. The van der Waals surface area contributed by atoms with Crippen LogP contribution in [-0.2, 0) is 0 Å². The van der Waals surface area contributed by atoms with Gasteiger partial charge in [-0.25, -0.2) is 9.97 Å². The maximum Gasteiger partial charge on any atom is 0.178 e. The Balaban J connectivity index is 2.95. The lowest BCUT2D eigenvalue weighted by molar-refractivity contribution is 1.30. The highest BCUT2D eigenvalue weighted by molar-refractivity contribution is 7.80. The third-order valence-corrected chi connectivity index (χ3v) is 1.68. The molecular formula is C6H5N3S. The average Bonchev–Trinajstić information content (AvgIpc) is 2.36. The highest BCUT2D eigenvalue weighted by Crippen LogP contribution is 2.14. The number of rotatable bonds is 0. The van der Waals surface area contributed by atoms with Crippen molar-refractivity contribution in [2.45, 2.75) is 4.90 Å². The number of fused-ring (bicyclic) bond motifs is 1. The lowest BCUT2D eigenvalue weighted by Gasteiger charge is -1.89. The summed E-state index contributed by atoms with van der Waals surface area (Å²) in [6, 6.07) is 1.82. The molecule has 10 heavy (non-hydrogen) atoms. The second kappa shape index (κ2) is 1.98. The molecule has 2 aromatic heterocycles. The van der Waals surface area contributed by atoms with Crippen LogP contribution < -0.4 is 0 Å². The van der Waals surface area contributed by atoms with Crippen molar-refractivity contribution in [3.05, 3.63) is 18.6 Å². The van der Waals surface area contributed by atoms with E-state index in [2.05, 4.69) is 27.6 Å². The molecule has 0 bridgehead atoms.